The van der Waals surface area contributed by atoms with Gasteiger partial charge in [-0.15, -0.1) is 0 Å². The highest BCUT2D eigenvalue weighted by Crippen LogP contribution is 2.29. The third kappa shape index (κ3) is 3.39. The molecule has 0 aliphatic rings. The van der Waals surface area contributed by atoms with Gasteiger partial charge < -0.3 is 10.4 Å². The number of nitrogens with zero attached hydrogens (tertiary/aromatic N) is 2. The van der Waals surface area contributed by atoms with Gasteiger partial charge in [-0.1, -0.05) is 23.2 Å². The van der Waals surface area contributed by atoms with Crippen LogP contribution in [0.5, 0.6) is 0 Å². The summed E-state index contributed by atoms with van der Waals surface area (Å²) in [6, 6.07) is 5.49. The molecule has 1 aromatic carbocycles. The minimum absolute atomic E-state index is 0.0580. The van der Waals surface area contributed by atoms with Gasteiger partial charge in [-0.05, 0) is 18.2 Å². The van der Waals surface area contributed by atoms with Crippen LogP contribution in [0.4, 0.5) is 17.2 Å². The van der Waals surface area contributed by atoms with E-state index in [-0.39, 0.29) is 16.4 Å². The van der Waals surface area contributed by atoms with Gasteiger partial charge in [0.15, 0.2) is 0 Å². The van der Waals surface area contributed by atoms with Gasteiger partial charge in [0, 0.05) is 11.1 Å². The van der Waals surface area contributed by atoms with Crippen molar-refractivity contribution in [3.8, 4) is 0 Å². The molecule has 0 radical (unpaired) electrons. The van der Waals surface area contributed by atoms with Crippen LogP contribution in [-0.2, 0) is 0 Å². The van der Waals surface area contributed by atoms with Crippen LogP contribution in [0.1, 0.15) is 10.4 Å². The van der Waals surface area contributed by atoms with Crippen molar-refractivity contribution < 1.29 is 14.8 Å². The molecule has 9 heteroatoms. The number of carbonyl (C=O) groups is 1. The fraction of sp³-hybridized carbons (Fsp3) is 0. The van der Waals surface area contributed by atoms with Crippen LogP contribution in [0.15, 0.2) is 30.5 Å². The summed E-state index contributed by atoms with van der Waals surface area (Å²) in [5.41, 5.74) is -0.375. The molecule has 2 rings (SSSR count). The molecule has 0 unspecified atom stereocenters. The van der Waals surface area contributed by atoms with Crippen molar-refractivity contribution >= 4 is 46.4 Å². The maximum absolute atomic E-state index is 11.2. The number of hydrogen-bond donors (Lipinski definition) is 2. The maximum Gasteiger partial charge on any atom is 0.339 e. The van der Waals surface area contributed by atoms with Crippen molar-refractivity contribution in [2.75, 3.05) is 5.32 Å². The molecule has 2 aromatic rings. The lowest BCUT2D eigenvalue weighted by Crippen LogP contribution is -2.06. The number of aromatic nitrogens is 1. The van der Waals surface area contributed by atoms with Crippen LogP contribution in [0.2, 0.25) is 10.0 Å². The molecule has 1 heterocycles. The molecule has 21 heavy (non-hydrogen) atoms. The van der Waals surface area contributed by atoms with Gasteiger partial charge in [0.05, 0.1) is 15.6 Å². The monoisotopic (exact) mass is 327 g/mol. The molecule has 108 valence electrons. The predicted octanol–water partition coefficient (Wildman–Crippen LogP) is 3.74. The van der Waals surface area contributed by atoms with E-state index in [9.17, 15) is 14.9 Å². The normalized spacial score (nSPS) is 10.2. The summed E-state index contributed by atoms with van der Waals surface area (Å²) in [5, 5.41) is 23.2. The third-order valence-corrected chi connectivity index (χ3v) is 3.05. The van der Waals surface area contributed by atoms with Crippen LogP contribution in [0.3, 0.4) is 0 Å². The van der Waals surface area contributed by atoms with E-state index in [1.165, 1.54) is 6.07 Å². The van der Waals surface area contributed by atoms with Crippen LogP contribution < -0.4 is 5.32 Å². The number of carboxylic acids is 1. The SMILES string of the molecule is O=C(O)c1cc([N+](=O)[O-])cnc1Nc1ccc(Cl)cc1Cl. The minimum atomic E-state index is -1.35. The van der Waals surface area contributed by atoms with E-state index in [0.29, 0.717) is 10.7 Å². The number of halogens is 2. The molecule has 0 saturated heterocycles. The van der Waals surface area contributed by atoms with E-state index < -0.39 is 16.6 Å². The van der Waals surface area contributed by atoms with E-state index in [1.807, 2.05) is 0 Å². The smallest absolute Gasteiger partial charge is 0.339 e. The first-order chi connectivity index (χ1) is 9.88. The zero-order chi connectivity index (χ0) is 15.6. The first-order valence-electron chi connectivity index (χ1n) is 5.48. The number of aromatic carboxylic acids is 1. The molecule has 0 fully saturated rings. The molecule has 0 saturated carbocycles. The molecular formula is C12H7Cl2N3O4. The summed E-state index contributed by atoms with van der Waals surface area (Å²) in [5.74, 6) is -1.41. The molecular weight excluding hydrogens is 321 g/mol. The quantitative estimate of drug-likeness (QED) is 0.654. The summed E-state index contributed by atoms with van der Waals surface area (Å²) in [7, 11) is 0. The Labute approximate surface area is 128 Å². The number of anilines is 2. The van der Waals surface area contributed by atoms with Crippen LogP contribution in [0.25, 0.3) is 0 Å². The number of carboxylic acid groups (broad SMARTS) is 1. The average molecular weight is 328 g/mol. The molecule has 7 nitrogen and oxygen atoms in total. The highest BCUT2D eigenvalue weighted by molar-refractivity contribution is 6.36. The summed E-state index contributed by atoms with van der Waals surface area (Å²) < 4.78 is 0. The van der Waals surface area contributed by atoms with Crippen molar-refractivity contribution in [2.24, 2.45) is 0 Å². The van der Waals surface area contributed by atoms with Crippen molar-refractivity contribution in [1.82, 2.24) is 4.98 Å². The lowest BCUT2D eigenvalue weighted by Gasteiger charge is -2.10. The molecule has 1 aromatic heterocycles. The van der Waals surface area contributed by atoms with E-state index in [4.69, 9.17) is 28.3 Å². The minimum Gasteiger partial charge on any atom is -0.478 e. The Kier molecular flexibility index (Phi) is 4.25. The standard InChI is InChI=1S/C12H7Cl2N3O4/c13-6-1-2-10(9(14)3-6)16-11-8(12(18)19)4-7(5-15-11)17(20)21/h1-5H,(H,15,16)(H,18,19). The van der Waals surface area contributed by atoms with E-state index >= 15 is 0 Å². The Morgan fingerprint density at radius 2 is 2.05 bits per heavy atom. The first-order valence-corrected chi connectivity index (χ1v) is 6.24. The second-order valence-electron chi connectivity index (χ2n) is 3.90. The highest BCUT2D eigenvalue weighted by Gasteiger charge is 2.18. The third-order valence-electron chi connectivity index (χ3n) is 2.50. The largest absolute Gasteiger partial charge is 0.478 e. The second kappa shape index (κ2) is 5.94. The number of nitro groups is 1. The van der Waals surface area contributed by atoms with Crippen molar-refractivity contribution in [3.05, 3.63) is 56.2 Å². The Morgan fingerprint density at radius 3 is 2.62 bits per heavy atom. The lowest BCUT2D eigenvalue weighted by atomic mass is 10.2. The van der Waals surface area contributed by atoms with E-state index in [0.717, 1.165) is 12.3 Å². The molecule has 2 N–H and O–H groups in total. The fourth-order valence-electron chi connectivity index (χ4n) is 1.53. The molecule has 0 spiro atoms. The molecule has 0 atom stereocenters. The Morgan fingerprint density at radius 1 is 1.33 bits per heavy atom. The number of pyridine rings is 1. The van der Waals surface area contributed by atoms with Gasteiger partial charge >= 0.3 is 5.97 Å². The number of rotatable bonds is 4. The van der Waals surface area contributed by atoms with Crippen LogP contribution in [0, 0.1) is 10.1 Å². The molecule has 0 aliphatic heterocycles. The van der Waals surface area contributed by atoms with Gasteiger partial charge in [0.2, 0.25) is 0 Å². The van der Waals surface area contributed by atoms with Gasteiger partial charge in [0.25, 0.3) is 5.69 Å². The Bertz CT molecular complexity index is 736. The van der Waals surface area contributed by atoms with Gasteiger partial charge in [-0.25, -0.2) is 9.78 Å². The summed E-state index contributed by atoms with van der Waals surface area (Å²) in [6.07, 6.45) is 0.957. The highest BCUT2D eigenvalue weighted by atomic mass is 35.5. The summed E-state index contributed by atoms with van der Waals surface area (Å²) >= 11 is 11.7. The van der Waals surface area contributed by atoms with Crippen molar-refractivity contribution in [2.45, 2.75) is 0 Å². The van der Waals surface area contributed by atoms with Crippen molar-refractivity contribution in [3.63, 3.8) is 0 Å². The Balaban J connectivity index is 2.44. The van der Waals surface area contributed by atoms with Gasteiger partial charge in [0.1, 0.15) is 17.6 Å². The molecule has 0 aliphatic carbocycles. The fourth-order valence-corrected chi connectivity index (χ4v) is 1.99. The molecule has 0 amide bonds. The maximum atomic E-state index is 11.2. The topological polar surface area (TPSA) is 105 Å². The summed E-state index contributed by atoms with van der Waals surface area (Å²) in [4.78, 5) is 24.9. The predicted molar refractivity (Wildman–Crippen MR) is 77.6 cm³/mol. The zero-order valence-electron chi connectivity index (χ0n) is 10.2. The van der Waals surface area contributed by atoms with E-state index in [2.05, 4.69) is 10.3 Å². The zero-order valence-corrected chi connectivity index (χ0v) is 11.7. The van der Waals surface area contributed by atoms with Gasteiger partial charge in [-0.3, -0.25) is 10.1 Å². The van der Waals surface area contributed by atoms with Crippen molar-refractivity contribution in [1.29, 1.82) is 0 Å². The molecule has 0 bridgehead atoms. The number of nitrogens with one attached hydrogen (secondary N) is 1. The van der Waals surface area contributed by atoms with E-state index in [1.54, 1.807) is 12.1 Å². The lowest BCUT2D eigenvalue weighted by molar-refractivity contribution is -0.385. The Hall–Kier alpha value is -2.38. The summed E-state index contributed by atoms with van der Waals surface area (Å²) in [6.45, 7) is 0. The van der Waals surface area contributed by atoms with Crippen LogP contribution in [-0.4, -0.2) is 21.0 Å². The van der Waals surface area contributed by atoms with Crippen LogP contribution >= 0.6 is 23.2 Å². The number of benzene rings is 1. The number of hydrogen-bond acceptors (Lipinski definition) is 5. The average Bonchev–Trinajstić information content (AvgIpc) is 2.41. The van der Waals surface area contributed by atoms with Gasteiger partial charge in [-0.2, -0.15) is 0 Å². The first kappa shape index (κ1) is 15.0. The second-order valence-corrected chi connectivity index (χ2v) is 4.74.